The number of aliphatic hydroxyl groups is 1. The fourth-order valence-electron chi connectivity index (χ4n) is 2.27. The first-order valence-corrected chi connectivity index (χ1v) is 6.98. The number of amides is 1. The Hall–Kier alpha value is -2.07. The summed E-state index contributed by atoms with van der Waals surface area (Å²) in [6.45, 7) is 5.98. The van der Waals surface area contributed by atoms with Crippen LogP contribution in [0.1, 0.15) is 48.5 Å². The molecule has 1 aromatic heterocycles. The van der Waals surface area contributed by atoms with E-state index in [2.05, 4.69) is 26.1 Å². The van der Waals surface area contributed by atoms with Crippen molar-refractivity contribution < 1.29 is 14.3 Å². The first-order chi connectivity index (χ1) is 9.93. The molecule has 2 aromatic rings. The lowest BCUT2D eigenvalue weighted by Crippen LogP contribution is -2.32. The molecule has 0 saturated heterocycles. The first-order valence-electron chi connectivity index (χ1n) is 6.98. The summed E-state index contributed by atoms with van der Waals surface area (Å²) in [5.41, 5.74) is 1.46. The van der Waals surface area contributed by atoms with E-state index in [0.717, 1.165) is 5.56 Å². The highest BCUT2D eigenvalue weighted by atomic mass is 16.3. The Balaban J connectivity index is 2.25. The zero-order chi connectivity index (χ0) is 15.5. The van der Waals surface area contributed by atoms with E-state index in [-0.39, 0.29) is 17.9 Å². The third-order valence-electron chi connectivity index (χ3n) is 3.35. The van der Waals surface area contributed by atoms with Crippen LogP contribution >= 0.6 is 0 Å². The minimum atomic E-state index is -0.541. The molecule has 2 N–H and O–H groups in total. The topological polar surface area (TPSA) is 62.5 Å². The van der Waals surface area contributed by atoms with Gasteiger partial charge in [-0.05, 0) is 29.2 Å². The zero-order valence-electron chi connectivity index (χ0n) is 12.6. The molecule has 2 rings (SSSR count). The van der Waals surface area contributed by atoms with Gasteiger partial charge >= 0.3 is 0 Å². The molecule has 0 aliphatic rings. The predicted molar refractivity (Wildman–Crippen MR) is 81.1 cm³/mol. The summed E-state index contributed by atoms with van der Waals surface area (Å²) in [5.74, 6) is 0.329. The van der Waals surface area contributed by atoms with Crippen molar-refractivity contribution >= 4 is 5.91 Å². The maximum atomic E-state index is 12.5. The van der Waals surface area contributed by atoms with Crippen molar-refractivity contribution in [2.75, 3.05) is 6.61 Å². The molecule has 4 heteroatoms. The molecule has 0 saturated carbocycles. The standard InChI is InChI=1S/C17H21NO3/c1-17(2,3)13-8-5-4-7-12(13)16(20)18-14(11-19)15-9-6-10-21-15/h4-10,14,19H,11H2,1-3H3,(H,18,20). The van der Waals surface area contributed by atoms with Crippen LogP contribution in [0.25, 0.3) is 0 Å². The Kier molecular flexibility index (Phi) is 4.48. The molecule has 0 spiro atoms. The van der Waals surface area contributed by atoms with Crippen molar-refractivity contribution in [2.45, 2.75) is 32.2 Å². The summed E-state index contributed by atoms with van der Waals surface area (Å²) in [7, 11) is 0. The molecule has 0 fully saturated rings. The number of nitrogens with one attached hydrogen (secondary N) is 1. The van der Waals surface area contributed by atoms with E-state index in [1.807, 2.05) is 18.2 Å². The largest absolute Gasteiger partial charge is 0.467 e. The van der Waals surface area contributed by atoms with Crippen molar-refractivity contribution in [3.8, 4) is 0 Å². The normalized spacial score (nSPS) is 13.0. The second-order valence-electron chi connectivity index (χ2n) is 6.02. The maximum Gasteiger partial charge on any atom is 0.252 e. The monoisotopic (exact) mass is 287 g/mol. The highest BCUT2D eigenvalue weighted by Crippen LogP contribution is 2.26. The van der Waals surface area contributed by atoms with Crippen molar-refractivity contribution in [3.63, 3.8) is 0 Å². The van der Waals surface area contributed by atoms with Gasteiger partial charge in [0.1, 0.15) is 11.8 Å². The van der Waals surface area contributed by atoms with Crippen LogP contribution in [0.2, 0.25) is 0 Å². The number of rotatable bonds is 4. The Morgan fingerprint density at radius 3 is 2.52 bits per heavy atom. The number of carbonyl (C=O) groups excluding carboxylic acids is 1. The summed E-state index contributed by atoms with van der Waals surface area (Å²) < 4.78 is 5.25. The van der Waals surface area contributed by atoms with Gasteiger partial charge in [0, 0.05) is 5.56 Å². The third kappa shape index (κ3) is 3.52. The molecule has 0 aliphatic carbocycles. The highest BCUT2D eigenvalue weighted by molar-refractivity contribution is 5.96. The zero-order valence-corrected chi connectivity index (χ0v) is 12.6. The summed E-state index contributed by atoms with van der Waals surface area (Å²) in [6, 6.07) is 10.4. The third-order valence-corrected chi connectivity index (χ3v) is 3.35. The number of aliphatic hydroxyl groups excluding tert-OH is 1. The number of benzene rings is 1. The number of carbonyl (C=O) groups is 1. The van der Waals surface area contributed by atoms with Crippen LogP contribution in [0.5, 0.6) is 0 Å². The lowest BCUT2D eigenvalue weighted by molar-refractivity contribution is 0.0905. The number of hydrogen-bond donors (Lipinski definition) is 2. The molecule has 0 radical (unpaired) electrons. The van der Waals surface area contributed by atoms with Gasteiger partial charge in [0.05, 0.1) is 12.9 Å². The average Bonchev–Trinajstić information content (AvgIpc) is 2.97. The Bertz CT molecular complexity index is 597. The van der Waals surface area contributed by atoms with Crippen molar-refractivity contribution in [3.05, 3.63) is 59.5 Å². The average molecular weight is 287 g/mol. The molecule has 21 heavy (non-hydrogen) atoms. The van der Waals surface area contributed by atoms with E-state index in [1.165, 1.54) is 6.26 Å². The van der Waals surface area contributed by atoms with E-state index in [1.54, 1.807) is 18.2 Å². The van der Waals surface area contributed by atoms with Crippen molar-refractivity contribution in [1.82, 2.24) is 5.32 Å². The van der Waals surface area contributed by atoms with Crippen molar-refractivity contribution in [1.29, 1.82) is 0 Å². The molecule has 1 unspecified atom stereocenters. The quantitative estimate of drug-likeness (QED) is 0.908. The SMILES string of the molecule is CC(C)(C)c1ccccc1C(=O)NC(CO)c1ccco1. The number of hydrogen-bond acceptors (Lipinski definition) is 3. The van der Waals surface area contributed by atoms with Gasteiger partial charge in [0.25, 0.3) is 5.91 Å². The van der Waals surface area contributed by atoms with Gasteiger partial charge in [0.15, 0.2) is 0 Å². The summed E-state index contributed by atoms with van der Waals surface area (Å²) >= 11 is 0. The van der Waals surface area contributed by atoms with Gasteiger partial charge in [-0.2, -0.15) is 0 Å². The molecule has 1 aromatic carbocycles. The molecule has 1 heterocycles. The molecule has 112 valence electrons. The van der Waals surface area contributed by atoms with Gasteiger partial charge in [0.2, 0.25) is 0 Å². The van der Waals surface area contributed by atoms with E-state index in [0.29, 0.717) is 11.3 Å². The van der Waals surface area contributed by atoms with Crippen LogP contribution in [-0.4, -0.2) is 17.6 Å². The van der Waals surface area contributed by atoms with Crippen LogP contribution in [0.4, 0.5) is 0 Å². The van der Waals surface area contributed by atoms with E-state index >= 15 is 0 Å². The number of furan rings is 1. The lowest BCUT2D eigenvalue weighted by Gasteiger charge is -2.23. The molecule has 4 nitrogen and oxygen atoms in total. The van der Waals surface area contributed by atoms with Gasteiger partial charge in [-0.3, -0.25) is 4.79 Å². The van der Waals surface area contributed by atoms with Gasteiger partial charge < -0.3 is 14.8 Å². The van der Waals surface area contributed by atoms with Crippen LogP contribution < -0.4 is 5.32 Å². The molecule has 0 aliphatic heterocycles. The molecular weight excluding hydrogens is 266 g/mol. The second-order valence-corrected chi connectivity index (χ2v) is 6.02. The maximum absolute atomic E-state index is 12.5. The van der Waals surface area contributed by atoms with E-state index in [4.69, 9.17) is 4.42 Å². The van der Waals surface area contributed by atoms with Gasteiger partial charge in [-0.25, -0.2) is 0 Å². The molecule has 0 bridgehead atoms. The summed E-state index contributed by atoms with van der Waals surface area (Å²) in [6.07, 6.45) is 1.52. The molecule has 1 amide bonds. The molecule has 1 atom stereocenters. The van der Waals surface area contributed by atoms with Crippen LogP contribution in [-0.2, 0) is 5.41 Å². The Labute approximate surface area is 124 Å². The Morgan fingerprint density at radius 2 is 1.95 bits per heavy atom. The predicted octanol–water partition coefficient (Wildman–Crippen LogP) is 3.04. The van der Waals surface area contributed by atoms with Crippen LogP contribution in [0.15, 0.2) is 47.1 Å². The summed E-state index contributed by atoms with van der Waals surface area (Å²) in [4.78, 5) is 12.5. The Morgan fingerprint density at radius 1 is 1.24 bits per heavy atom. The van der Waals surface area contributed by atoms with E-state index in [9.17, 15) is 9.90 Å². The lowest BCUT2D eigenvalue weighted by atomic mass is 9.83. The van der Waals surface area contributed by atoms with Crippen LogP contribution in [0, 0.1) is 0 Å². The summed E-state index contributed by atoms with van der Waals surface area (Å²) in [5, 5.41) is 12.3. The van der Waals surface area contributed by atoms with E-state index < -0.39 is 6.04 Å². The fourth-order valence-corrected chi connectivity index (χ4v) is 2.27. The minimum absolute atomic E-state index is 0.132. The first kappa shape index (κ1) is 15.3. The van der Waals surface area contributed by atoms with Crippen LogP contribution in [0.3, 0.4) is 0 Å². The van der Waals surface area contributed by atoms with Gasteiger partial charge in [-0.15, -0.1) is 0 Å². The second kappa shape index (κ2) is 6.14. The fraction of sp³-hybridized carbons (Fsp3) is 0.353. The smallest absolute Gasteiger partial charge is 0.252 e. The van der Waals surface area contributed by atoms with Gasteiger partial charge in [-0.1, -0.05) is 39.0 Å². The molecular formula is C17H21NO3. The minimum Gasteiger partial charge on any atom is -0.467 e. The highest BCUT2D eigenvalue weighted by Gasteiger charge is 2.23. The van der Waals surface area contributed by atoms with Crippen molar-refractivity contribution in [2.24, 2.45) is 0 Å².